The van der Waals surface area contributed by atoms with Gasteiger partial charge in [0.05, 0.1) is 0 Å². The minimum Gasteiger partial charge on any atom is -0.310 e. The molecule has 1 N–H and O–H groups in total. The number of halogens is 2. The summed E-state index contributed by atoms with van der Waals surface area (Å²) in [5.74, 6) is -0.660. The fraction of sp³-hybridized carbons (Fsp3) is 0.571. The number of rotatable bonds is 6. The Hall–Kier alpha value is -0.960. The first-order valence-electron chi connectivity index (χ1n) is 6.32. The van der Waals surface area contributed by atoms with E-state index in [2.05, 4.69) is 19.2 Å². The maximum absolute atomic E-state index is 13.8. The molecular formula is C14H21F2N. The average molecular weight is 241 g/mol. The summed E-state index contributed by atoms with van der Waals surface area (Å²) in [5, 5.41) is 3.20. The van der Waals surface area contributed by atoms with Gasteiger partial charge in [0, 0.05) is 11.6 Å². The van der Waals surface area contributed by atoms with E-state index in [-0.39, 0.29) is 17.5 Å². The second-order valence-corrected chi connectivity index (χ2v) is 4.25. The van der Waals surface area contributed by atoms with Crippen molar-refractivity contribution in [1.82, 2.24) is 5.32 Å². The minimum atomic E-state index is -0.456. The van der Waals surface area contributed by atoms with Crippen molar-refractivity contribution in [1.29, 1.82) is 0 Å². The molecule has 1 aromatic rings. The van der Waals surface area contributed by atoms with Gasteiger partial charge >= 0.3 is 0 Å². The number of benzene rings is 1. The molecule has 0 heterocycles. The highest BCUT2D eigenvalue weighted by Gasteiger charge is 2.25. The van der Waals surface area contributed by atoms with Gasteiger partial charge in [-0.2, -0.15) is 0 Å². The van der Waals surface area contributed by atoms with Crippen LogP contribution >= 0.6 is 0 Å². The highest BCUT2D eigenvalue weighted by Crippen LogP contribution is 2.30. The van der Waals surface area contributed by atoms with Crippen LogP contribution in [-0.4, -0.2) is 6.54 Å². The molecule has 0 saturated heterocycles. The smallest absolute Gasteiger partial charge is 0.130 e. The van der Waals surface area contributed by atoms with Gasteiger partial charge in [0.2, 0.25) is 0 Å². The van der Waals surface area contributed by atoms with Crippen LogP contribution < -0.4 is 5.32 Å². The molecule has 0 spiro atoms. The molecule has 3 heteroatoms. The molecule has 0 aliphatic rings. The molecule has 0 radical (unpaired) electrons. The lowest BCUT2D eigenvalue weighted by atomic mass is 9.88. The molecule has 1 aromatic carbocycles. The molecule has 0 aliphatic carbocycles. The molecule has 0 aromatic heterocycles. The number of hydrogen-bond donors (Lipinski definition) is 1. The lowest BCUT2D eigenvalue weighted by molar-refractivity contribution is 0.327. The Labute approximate surface area is 102 Å². The van der Waals surface area contributed by atoms with Crippen molar-refractivity contribution in [2.24, 2.45) is 5.92 Å². The topological polar surface area (TPSA) is 12.0 Å². The molecule has 1 nitrogen and oxygen atoms in total. The number of nitrogens with one attached hydrogen (secondary N) is 1. The molecule has 0 saturated carbocycles. The van der Waals surface area contributed by atoms with Crippen LogP contribution in [0.15, 0.2) is 18.2 Å². The Morgan fingerprint density at radius 1 is 1.06 bits per heavy atom. The third-order valence-corrected chi connectivity index (χ3v) is 3.25. The standard InChI is InChI=1S/C14H21F2N/c1-4-10(5-2)14(17-6-3)13-11(15)8-7-9-12(13)16/h7-10,14,17H,4-6H2,1-3H3. The minimum absolute atomic E-state index is 0.183. The highest BCUT2D eigenvalue weighted by atomic mass is 19.1. The van der Waals surface area contributed by atoms with Gasteiger partial charge in [0.25, 0.3) is 0 Å². The van der Waals surface area contributed by atoms with Gasteiger partial charge in [-0.25, -0.2) is 8.78 Å². The van der Waals surface area contributed by atoms with E-state index in [0.29, 0.717) is 6.54 Å². The van der Waals surface area contributed by atoms with Crippen LogP contribution in [-0.2, 0) is 0 Å². The van der Waals surface area contributed by atoms with Crippen molar-refractivity contribution in [3.05, 3.63) is 35.4 Å². The zero-order valence-electron chi connectivity index (χ0n) is 10.8. The van der Waals surface area contributed by atoms with E-state index in [4.69, 9.17) is 0 Å². The molecule has 1 atom stereocenters. The SMILES string of the molecule is CCNC(c1c(F)cccc1F)C(CC)CC. The van der Waals surface area contributed by atoms with Crippen molar-refractivity contribution in [3.8, 4) is 0 Å². The number of hydrogen-bond acceptors (Lipinski definition) is 1. The molecule has 96 valence electrons. The largest absolute Gasteiger partial charge is 0.310 e. The summed E-state index contributed by atoms with van der Waals surface area (Å²) in [7, 11) is 0. The van der Waals surface area contributed by atoms with Crippen molar-refractivity contribution >= 4 is 0 Å². The summed E-state index contributed by atoms with van der Waals surface area (Å²) < 4.78 is 27.6. The van der Waals surface area contributed by atoms with Gasteiger partial charge in [-0.1, -0.05) is 39.7 Å². The molecule has 17 heavy (non-hydrogen) atoms. The first-order valence-corrected chi connectivity index (χ1v) is 6.32. The quantitative estimate of drug-likeness (QED) is 0.792. The van der Waals surface area contributed by atoms with Crippen molar-refractivity contribution in [2.45, 2.75) is 39.7 Å². The normalized spacial score (nSPS) is 13.1. The third-order valence-electron chi connectivity index (χ3n) is 3.25. The van der Waals surface area contributed by atoms with Crippen LogP contribution in [0.5, 0.6) is 0 Å². The predicted octanol–water partition coefficient (Wildman–Crippen LogP) is 4.05. The first-order chi connectivity index (χ1) is 8.15. The summed E-state index contributed by atoms with van der Waals surface area (Å²) >= 11 is 0. The molecule has 1 rings (SSSR count). The zero-order valence-corrected chi connectivity index (χ0v) is 10.8. The molecule has 0 fully saturated rings. The van der Waals surface area contributed by atoms with Crippen molar-refractivity contribution in [2.75, 3.05) is 6.54 Å². The fourth-order valence-electron chi connectivity index (χ4n) is 2.29. The Balaban J connectivity index is 3.12. The van der Waals surface area contributed by atoms with Gasteiger partial charge in [-0.15, -0.1) is 0 Å². The van der Waals surface area contributed by atoms with E-state index in [9.17, 15) is 8.78 Å². The molecule has 1 unspecified atom stereocenters. The Morgan fingerprint density at radius 2 is 1.59 bits per heavy atom. The van der Waals surface area contributed by atoms with Gasteiger partial charge in [0.1, 0.15) is 11.6 Å². The lowest BCUT2D eigenvalue weighted by Crippen LogP contribution is -2.29. The van der Waals surface area contributed by atoms with Crippen LogP contribution in [0.1, 0.15) is 45.2 Å². The summed E-state index contributed by atoms with van der Waals surface area (Å²) in [4.78, 5) is 0. The average Bonchev–Trinajstić information content (AvgIpc) is 2.30. The van der Waals surface area contributed by atoms with Gasteiger partial charge in [-0.3, -0.25) is 0 Å². The maximum atomic E-state index is 13.8. The molecule has 0 bridgehead atoms. The Kier molecular flexibility index (Phi) is 5.56. The van der Waals surface area contributed by atoms with Crippen molar-refractivity contribution < 1.29 is 8.78 Å². The van der Waals surface area contributed by atoms with Crippen LogP contribution in [0.3, 0.4) is 0 Å². The van der Waals surface area contributed by atoms with Crippen molar-refractivity contribution in [3.63, 3.8) is 0 Å². The highest BCUT2D eigenvalue weighted by molar-refractivity contribution is 5.24. The monoisotopic (exact) mass is 241 g/mol. The Bertz CT molecular complexity index is 328. The maximum Gasteiger partial charge on any atom is 0.130 e. The Morgan fingerprint density at radius 3 is 2.00 bits per heavy atom. The summed E-state index contributed by atoms with van der Waals surface area (Å²) in [6.45, 7) is 6.76. The van der Waals surface area contributed by atoms with Gasteiger partial charge in [0.15, 0.2) is 0 Å². The molecule has 0 aliphatic heterocycles. The lowest BCUT2D eigenvalue weighted by Gasteiger charge is -2.27. The summed E-state index contributed by atoms with van der Waals surface area (Å²) in [5.41, 5.74) is 0.183. The van der Waals surface area contributed by atoms with Crippen LogP contribution in [0.4, 0.5) is 8.78 Å². The van der Waals surface area contributed by atoms with Gasteiger partial charge < -0.3 is 5.32 Å². The second kappa shape index (κ2) is 6.70. The first kappa shape index (κ1) is 14.1. The van der Waals surface area contributed by atoms with Crippen LogP contribution in [0, 0.1) is 17.6 Å². The summed E-state index contributed by atoms with van der Waals surface area (Å²) in [6, 6.07) is 3.82. The summed E-state index contributed by atoms with van der Waals surface area (Å²) in [6.07, 6.45) is 1.81. The van der Waals surface area contributed by atoms with E-state index < -0.39 is 11.6 Å². The van der Waals surface area contributed by atoms with E-state index in [0.717, 1.165) is 12.8 Å². The van der Waals surface area contributed by atoms with E-state index in [1.807, 2.05) is 6.92 Å². The third kappa shape index (κ3) is 3.25. The van der Waals surface area contributed by atoms with Gasteiger partial charge in [-0.05, 0) is 24.6 Å². The van der Waals surface area contributed by atoms with Crippen LogP contribution in [0.2, 0.25) is 0 Å². The van der Waals surface area contributed by atoms with Crippen LogP contribution in [0.25, 0.3) is 0 Å². The molecule has 0 amide bonds. The zero-order chi connectivity index (χ0) is 12.8. The predicted molar refractivity (Wildman–Crippen MR) is 66.8 cm³/mol. The van der Waals surface area contributed by atoms with E-state index >= 15 is 0 Å². The van der Waals surface area contributed by atoms with E-state index in [1.165, 1.54) is 18.2 Å². The fourth-order valence-corrected chi connectivity index (χ4v) is 2.29. The van der Waals surface area contributed by atoms with E-state index in [1.54, 1.807) is 0 Å². The molecular weight excluding hydrogens is 220 g/mol. The second-order valence-electron chi connectivity index (χ2n) is 4.25.